The largest absolute Gasteiger partial charge is 0.573 e. The zero-order valence-corrected chi connectivity index (χ0v) is 15.7. The first kappa shape index (κ1) is 21.3. The second kappa shape index (κ2) is 11.0. The van der Waals surface area contributed by atoms with E-state index in [0.717, 1.165) is 36.7 Å². The Morgan fingerprint density at radius 3 is 2.22 bits per heavy atom. The van der Waals surface area contributed by atoms with Crippen molar-refractivity contribution in [1.29, 1.82) is 5.26 Å². The Morgan fingerprint density at radius 1 is 1.00 bits per heavy atom. The molecule has 1 aromatic carbocycles. The Morgan fingerprint density at radius 2 is 1.63 bits per heavy atom. The highest BCUT2D eigenvalue weighted by atomic mass is 19.4. The normalized spacial score (nSPS) is 20.5. The third-order valence-electron chi connectivity index (χ3n) is 5.39. The molecule has 0 heterocycles. The third kappa shape index (κ3) is 8.99. The SMILES string of the molecule is N#CC=CCC[C@H]1CC[C@H](CCCCc2ccc(OC(F)(F)F)cc2)CC1. The maximum atomic E-state index is 12.1. The van der Waals surface area contributed by atoms with Crippen molar-refractivity contribution in [2.24, 2.45) is 11.8 Å². The topological polar surface area (TPSA) is 33.0 Å². The van der Waals surface area contributed by atoms with Crippen LogP contribution in [0.3, 0.4) is 0 Å². The summed E-state index contributed by atoms with van der Waals surface area (Å²) in [6.45, 7) is 0. The molecule has 0 unspecified atom stereocenters. The number of rotatable bonds is 9. The molecule has 1 aliphatic rings. The number of nitriles is 1. The predicted octanol–water partition coefficient (Wildman–Crippen LogP) is 6.96. The average molecular weight is 379 g/mol. The maximum absolute atomic E-state index is 12.1. The zero-order valence-electron chi connectivity index (χ0n) is 15.7. The number of benzene rings is 1. The van der Waals surface area contributed by atoms with Crippen LogP contribution >= 0.6 is 0 Å². The molecular weight excluding hydrogens is 351 g/mol. The molecule has 1 saturated carbocycles. The standard InChI is InChI=1S/C22H28F3NO/c23-22(24,25)27-21-15-13-20(14-16-21)8-4-3-7-19-11-9-18(10-12-19)6-2-1-5-17-26/h1,5,13-16,18-19H,2-4,6-12H2/t18-,19-. The van der Waals surface area contributed by atoms with Gasteiger partial charge in [0.1, 0.15) is 5.75 Å². The molecule has 0 N–H and O–H groups in total. The van der Waals surface area contributed by atoms with Crippen LogP contribution in [0.4, 0.5) is 13.2 Å². The van der Waals surface area contributed by atoms with Gasteiger partial charge in [-0.2, -0.15) is 5.26 Å². The van der Waals surface area contributed by atoms with Crippen LogP contribution in [0.2, 0.25) is 0 Å². The van der Waals surface area contributed by atoms with E-state index in [9.17, 15) is 13.2 Å². The minimum absolute atomic E-state index is 0.161. The van der Waals surface area contributed by atoms with Crippen LogP contribution in [0, 0.1) is 23.2 Å². The van der Waals surface area contributed by atoms with Gasteiger partial charge in [0.05, 0.1) is 6.07 Å². The van der Waals surface area contributed by atoms with Gasteiger partial charge in [-0.25, -0.2) is 0 Å². The number of ether oxygens (including phenoxy) is 1. The molecule has 2 rings (SSSR count). The first-order valence-electron chi connectivity index (χ1n) is 9.85. The van der Waals surface area contributed by atoms with E-state index in [0.29, 0.717) is 0 Å². The van der Waals surface area contributed by atoms with Crippen LogP contribution in [0.25, 0.3) is 0 Å². The molecule has 1 fully saturated rings. The monoisotopic (exact) mass is 379 g/mol. The molecular formula is C22H28F3NO. The molecule has 0 saturated heterocycles. The summed E-state index contributed by atoms with van der Waals surface area (Å²) in [7, 11) is 0. The van der Waals surface area contributed by atoms with Crippen LogP contribution in [0.5, 0.6) is 5.75 Å². The van der Waals surface area contributed by atoms with Gasteiger partial charge in [0.15, 0.2) is 0 Å². The quantitative estimate of drug-likeness (QED) is 0.343. The molecule has 0 bridgehead atoms. The van der Waals surface area contributed by atoms with Gasteiger partial charge in [-0.1, -0.05) is 56.7 Å². The van der Waals surface area contributed by atoms with Crippen LogP contribution in [0.1, 0.15) is 63.4 Å². The van der Waals surface area contributed by atoms with E-state index in [-0.39, 0.29) is 5.75 Å². The fourth-order valence-electron chi connectivity index (χ4n) is 3.90. The summed E-state index contributed by atoms with van der Waals surface area (Å²) in [5, 5.41) is 8.48. The summed E-state index contributed by atoms with van der Waals surface area (Å²) >= 11 is 0. The number of halogens is 3. The molecule has 0 aliphatic heterocycles. The van der Waals surface area contributed by atoms with Crippen molar-refractivity contribution in [1.82, 2.24) is 0 Å². The first-order chi connectivity index (χ1) is 13.0. The summed E-state index contributed by atoms with van der Waals surface area (Å²) in [5.74, 6) is 1.46. The van der Waals surface area contributed by atoms with E-state index in [4.69, 9.17) is 5.26 Å². The van der Waals surface area contributed by atoms with Gasteiger partial charge in [-0.3, -0.25) is 0 Å². The summed E-state index contributed by atoms with van der Waals surface area (Å²) in [6, 6.07) is 8.23. The Kier molecular flexibility index (Phi) is 8.71. The Labute approximate surface area is 160 Å². The van der Waals surface area contributed by atoms with Crippen molar-refractivity contribution in [3.05, 3.63) is 42.0 Å². The highest BCUT2D eigenvalue weighted by Crippen LogP contribution is 2.34. The van der Waals surface area contributed by atoms with Gasteiger partial charge >= 0.3 is 6.36 Å². The van der Waals surface area contributed by atoms with Crippen molar-refractivity contribution in [3.63, 3.8) is 0 Å². The second-order valence-electron chi connectivity index (χ2n) is 7.43. The Balaban J connectivity index is 1.57. The van der Waals surface area contributed by atoms with Crippen molar-refractivity contribution in [2.45, 2.75) is 70.6 Å². The molecule has 0 atom stereocenters. The summed E-state index contributed by atoms with van der Waals surface area (Å²) in [5.41, 5.74) is 1.05. The van der Waals surface area contributed by atoms with Gasteiger partial charge in [0.2, 0.25) is 0 Å². The number of unbranched alkanes of at least 4 members (excludes halogenated alkanes) is 1. The fraction of sp³-hybridized carbons (Fsp3) is 0.591. The van der Waals surface area contributed by atoms with Crippen LogP contribution in [0.15, 0.2) is 36.4 Å². The lowest BCUT2D eigenvalue weighted by Crippen LogP contribution is -2.17. The number of hydrogen-bond donors (Lipinski definition) is 0. The molecule has 1 aliphatic carbocycles. The van der Waals surface area contributed by atoms with Crippen LogP contribution in [-0.4, -0.2) is 6.36 Å². The number of allylic oxidation sites excluding steroid dienone is 2. The lowest BCUT2D eigenvalue weighted by Gasteiger charge is -2.28. The molecule has 5 heteroatoms. The minimum atomic E-state index is -4.63. The summed E-state index contributed by atoms with van der Waals surface area (Å²) < 4.78 is 40.3. The smallest absolute Gasteiger partial charge is 0.406 e. The number of hydrogen-bond acceptors (Lipinski definition) is 2. The number of alkyl halides is 3. The molecule has 0 radical (unpaired) electrons. The molecule has 27 heavy (non-hydrogen) atoms. The van der Waals surface area contributed by atoms with Crippen molar-refractivity contribution in [2.75, 3.05) is 0 Å². The highest BCUT2D eigenvalue weighted by Gasteiger charge is 2.30. The number of nitrogens with zero attached hydrogens (tertiary/aromatic N) is 1. The molecule has 2 nitrogen and oxygen atoms in total. The highest BCUT2D eigenvalue weighted by molar-refractivity contribution is 5.27. The Bertz CT molecular complexity index is 608. The fourth-order valence-corrected chi connectivity index (χ4v) is 3.90. The minimum Gasteiger partial charge on any atom is -0.406 e. The van der Waals surface area contributed by atoms with Gasteiger partial charge in [-0.15, -0.1) is 13.2 Å². The molecule has 0 aromatic heterocycles. The third-order valence-corrected chi connectivity index (χ3v) is 5.39. The Hall–Kier alpha value is -1.96. The van der Waals surface area contributed by atoms with E-state index in [2.05, 4.69) is 4.74 Å². The summed E-state index contributed by atoms with van der Waals surface area (Å²) in [6.07, 6.45) is 10.7. The van der Waals surface area contributed by atoms with E-state index in [1.54, 1.807) is 18.2 Å². The first-order valence-corrected chi connectivity index (χ1v) is 9.85. The molecule has 1 aromatic rings. The average Bonchev–Trinajstić information content (AvgIpc) is 2.63. The zero-order chi connectivity index (χ0) is 19.5. The van der Waals surface area contributed by atoms with E-state index < -0.39 is 6.36 Å². The van der Waals surface area contributed by atoms with Gasteiger partial charge in [-0.05, 0) is 55.2 Å². The van der Waals surface area contributed by atoms with Gasteiger partial charge in [0, 0.05) is 6.08 Å². The van der Waals surface area contributed by atoms with Crippen molar-refractivity contribution in [3.8, 4) is 11.8 Å². The molecule has 0 spiro atoms. The van der Waals surface area contributed by atoms with E-state index >= 15 is 0 Å². The van der Waals surface area contributed by atoms with Crippen LogP contribution < -0.4 is 4.74 Å². The van der Waals surface area contributed by atoms with Crippen molar-refractivity contribution >= 4 is 0 Å². The summed E-state index contributed by atoms with van der Waals surface area (Å²) in [4.78, 5) is 0. The van der Waals surface area contributed by atoms with Crippen LogP contribution in [-0.2, 0) is 6.42 Å². The lowest BCUT2D eigenvalue weighted by atomic mass is 9.78. The van der Waals surface area contributed by atoms with E-state index in [1.165, 1.54) is 57.1 Å². The molecule has 148 valence electrons. The lowest BCUT2D eigenvalue weighted by molar-refractivity contribution is -0.274. The maximum Gasteiger partial charge on any atom is 0.573 e. The van der Waals surface area contributed by atoms with Gasteiger partial charge in [0.25, 0.3) is 0 Å². The number of aryl methyl sites for hydroxylation is 1. The van der Waals surface area contributed by atoms with E-state index in [1.807, 2.05) is 12.1 Å². The van der Waals surface area contributed by atoms with Gasteiger partial charge < -0.3 is 4.74 Å². The van der Waals surface area contributed by atoms with Crippen molar-refractivity contribution < 1.29 is 17.9 Å². The molecule has 0 amide bonds. The predicted molar refractivity (Wildman–Crippen MR) is 100 cm³/mol. The second-order valence-corrected chi connectivity index (χ2v) is 7.43.